The van der Waals surface area contributed by atoms with Crippen LogP contribution in [0.15, 0.2) is 30.5 Å². The van der Waals surface area contributed by atoms with Crippen LogP contribution in [0.5, 0.6) is 5.75 Å². The molecule has 0 saturated carbocycles. The minimum Gasteiger partial charge on any atom is -0.489 e. The van der Waals surface area contributed by atoms with Gasteiger partial charge in [-0.1, -0.05) is 17.7 Å². The molecule has 8 heteroatoms. The molecule has 1 saturated heterocycles. The Morgan fingerprint density at radius 1 is 1.21 bits per heavy atom. The van der Waals surface area contributed by atoms with Gasteiger partial charge in [-0.25, -0.2) is 9.37 Å². The van der Waals surface area contributed by atoms with Crippen molar-refractivity contribution in [3.05, 3.63) is 52.6 Å². The average molecular weight is 402 g/mol. The second kappa shape index (κ2) is 7.22. The van der Waals surface area contributed by atoms with Gasteiger partial charge in [-0.15, -0.1) is 0 Å². The Bertz CT molecular complexity index is 997. The van der Waals surface area contributed by atoms with E-state index in [9.17, 15) is 4.39 Å². The van der Waals surface area contributed by atoms with Crippen LogP contribution in [-0.4, -0.2) is 47.4 Å². The number of nitrogens with one attached hydrogen (secondary N) is 1. The van der Waals surface area contributed by atoms with E-state index in [1.165, 1.54) is 11.6 Å². The number of nitrogens with zero attached hydrogens (tertiary/aromatic N) is 4. The molecule has 0 aliphatic carbocycles. The van der Waals surface area contributed by atoms with Crippen LogP contribution in [0.4, 0.5) is 10.2 Å². The Labute approximate surface area is 167 Å². The fourth-order valence-electron chi connectivity index (χ4n) is 4.01. The zero-order valence-corrected chi connectivity index (χ0v) is 16.1. The highest BCUT2D eigenvalue weighted by atomic mass is 35.5. The highest BCUT2D eigenvalue weighted by molar-refractivity contribution is 6.32. The summed E-state index contributed by atoms with van der Waals surface area (Å²) in [5.41, 5.74) is 3.32. The molecular formula is C20H21ClFN5O. The minimum absolute atomic E-state index is 0.140. The summed E-state index contributed by atoms with van der Waals surface area (Å²) in [6.45, 7) is 4.01. The Morgan fingerprint density at radius 3 is 2.93 bits per heavy atom. The van der Waals surface area contributed by atoms with Gasteiger partial charge >= 0.3 is 0 Å². The number of rotatable bonds is 4. The van der Waals surface area contributed by atoms with Gasteiger partial charge in [0.2, 0.25) is 0 Å². The van der Waals surface area contributed by atoms with E-state index in [0.29, 0.717) is 17.5 Å². The summed E-state index contributed by atoms with van der Waals surface area (Å²) in [5.74, 6) is 1.16. The van der Waals surface area contributed by atoms with E-state index in [4.69, 9.17) is 21.3 Å². The number of ether oxygens (including phenoxy) is 1. The zero-order valence-electron chi connectivity index (χ0n) is 15.4. The molecule has 2 aliphatic heterocycles. The lowest BCUT2D eigenvalue weighted by atomic mass is 9.99. The van der Waals surface area contributed by atoms with Crippen LogP contribution in [0.1, 0.15) is 11.3 Å². The van der Waals surface area contributed by atoms with E-state index in [0.717, 1.165) is 56.2 Å². The maximum absolute atomic E-state index is 13.9. The topological polar surface area (TPSA) is 54.7 Å². The molecule has 2 aromatic heterocycles. The van der Waals surface area contributed by atoms with Gasteiger partial charge < -0.3 is 15.0 Å². The molecule has 1 fully saturated rings. The number of anilines is 1. The van der Waals surface area contributed by atoms with Crippen LogP contribution in [0, 0.1) is 11.7 Å². The standard InChI is InChI=1S/C20H21ClFN5O/c21-15-2-1-3-16(22)19(15)28-12-13-10-26(11-13)20-14-4-7-23-8-5-17(14)25-18-6-9-24-27(18)20/h1-3,6,9,13,23H,4-5,7-8,10-12H2. The molecule has 0 bridgehead atoms. The summed E-state index contributed by atoms with van der Waals surface area (Å²) in [6, 6.07) is 6.53. The molecule has 0 atom stereocenters. The fourth-order valence-corrected chi connectivity index (χ4v) is 4.23. The van der Waals surface area contributed by atoms with Crippen molar-refractivity contribution in [2.75, 3.05) is 37.7 Å². The predicted octanol–water partition coefficient (Wildman–Crippen LogP) is 2.73. The van der Waals surface area contributed by atoms with Gasteiger partial charge in [0, 0.05) is 43.6 Å². The quantitative estimate of drug-likeness (QED) is 0.728. The molecule has 3 aromatic rings. The second-order valence-electron chi connectivity index (χ2n) is 7.34. The summed E-state index contributed by atoms with van der Waals surface area (Å²) >= 11 is 6.05. The molecule has 0 radical (unpaired) electrons. The van der Waals surface area contributed by atoms with Crippen LogP contribution < -0.4 is 15.0 Å². The second-order valence-corrected chi connectivity index (χ2v) is 7.75. The monoisotopic (exact) mass is 401 g/mol. The first-order chi connectivity index (χ1) is 13.7. The molecule has 0 amide bonds. The van der Waals surface area contributed by atoms with Gasteiger partial charge in [-0.2, -0.15) is 9.61 Å². The van der Waals surface area contributed by atoms with Crippen LogP contribution in [0.2, 0.25) is 5.02 Å². The van der Waals surface area contributed by atoms with E-state index in [1.54, 1.807) is 18.3 Å². The highest BCUT2D eigenvalue weighted by Crippen LogP contribution is 2.33. The van der Waals surface area contributed by atoms with Crippen molar-refractivity contribution in [1.29, 1.82) is 0 Å². The molecular weight excluding hydrogens is 381 g/mol. The number of benzene rings is 1. The van der Waals surface area contributed by atoms with Gasteiger partial charge in [0.25, 0.3) is 0 Å². The van der Waals surface area contributed by atoms with Crippen molar-refractivity contribution in [2.45, 2.75) is 12.8 Å². The fraction of sp³-hybridized carbons (Fsp3) is 0.400. The van der Waals surface area contributed by atoms with Gasteiger partial charge in [0.1, 0.15) is 5.82 Å². The number of hydrogen-bond acceptors (Lipinski definition) is 5. The van der Waals surface area contributed by atoms with Crippen molar-refractivity contribution >= 4 is 23.1 Å². The molecule has 5 rings (SSSR count). The van der Waals surface area contributed by atoms with Gasteiger partial charge in [-0.3, -0.25) is 0 Å². The van der Waals surface area contributed by atoms with Crippen LogP contribution in [0.25, 0.3) is 5.65 Å². The third-order valence-corrected chi connectivity index (χ3v) is 5.72. The molecule has 28 heavy (non-hydrogen) atoms. The normalized spacial score (nSPS) is 17.3. The predicted molar refractivity (Wildman–Crippen MR) is 106 cm³/mol. The molecule has 2 aliphatic rings. The zero-order chi connectivity index (χ0) is 19.1. The number of halogens is 2. The smallest absolute Gasteiger partial charge is 0.173 e. The molecule has 6 nitrogen and oxygen atoms in total. The van der Waals surface area contributed by atoms with Crippen molar-refractivity contribution in [1.82, 2.24) is 19.9 Å². The SMILES string of the molecule is Fc1cccc(Cl)c1OCC1CN(c2c3c(nc4ccnn24)CCNCC3)C1. The lowest BCUT2D eigenvalue weighted by Crippen LogP contribution is -2.50. The third-order valence-electron chi connectivity index (χ3n) is 5.42. The molecule has 4 heterocycles. The van der Waals surface area contributed by atoms with Gasteiger partial charge in [0.15, 0.2) is 17.2 Å². The van der Waals surface area contributed by atoms with Gasteiger partial charge in [-0.05, 0) is 25.1 Å². The molecule has 146 valence electrons. The summed E-state index contributed by atoms with van der Waals surface area (Å²) in [7, 11) is 0. The first kappa shape index (κ1) is 17.7. The Hall–Kier alpha value is -2.38. The highest BCUT2D eigenvalue weighted by Gasteiger charge is 2.32. The lowest BCUT2D eigenvalue weighted by molar-refractivity contribution is 0.212. The maximum Gasteiger partial charge on any atom is 0.173 e. The van der Waals surface area contributed by atoms with E-state index < -0.39 is 5.82 Å². The van der Waals surface area contributed by atoms with E-state index in [1.807, 2.05) is 10.6 Å². The maximum atomic E-state index is 13.9. The number of hydrogen-bond donors (Lipinski definition) is 1. The van der Waals surface area contributed by atoms with E-state index in [2.05, 4.69) is 15.3 Å². The first-order valence-corrected chi connectivity index (χ1v) is 9.96. The Kier molecular flexibility index (Phi) is 4.56. The van der Waals surface area contributed by atoms with Crippen molar-refractivity contribution in [3.8, 4) is 5.75 Å². The number of para-hydroxylation sites is 1. The van der Waals surface area contributed by atoms with E-state index >= 15 is 0 Å². The number of fused-ring (bicyclic) bond motifs is 2. The van der Waals surface area contributed by atoms with E-state index in [-0.39, 0.29) is 5.75 Å². The third kappa shape index (κ3) is 3.08. The molecule has 0 unspecified atom stereocenters. The first-order valence-electron chi connectivity index (χ1n) is 9.58. The van der Waals surface area contributed by atoms with Crippen molar-refractivity contribution in [3.63, 3.8) is 0 Å². The van der Waals surface area contributed by atoms with Gasteiger partial charge in [0.05, 0.1) is 23.5 Å². The Balaban J connectivity index is 1.34. The average Bonchev–Trinajstić information content (AvgIpc) is 2.98. The summed E-state index contributed by atoms with van der Waals surface area (Å²) < 4.78 is 21.5. The molecule has 0 spiro atoms. The molecule has 1 N–H and O–H groups in total. The summed E-state index contributed by atoms with van der Waals surface area (Å²) in [6.07, 6.45) is 3.66. The molecule has 1 aromatic carbocycles. The summed E-state index contributed by atoms with van der Waals surface area (Å²) in [4.78, 5) is 7.13. The number of aromatic nitrogens is 3. The van der Waals surface area contributed by atoms with Crippen LogP contribution in [0.3, 0.4) is 0 Å². The van der Waals surface area contributed by atoms with Crippen LogP contribution in [-0.2, 0) is 12.8 Å². The van der Waals surface area contributed by atoms with Crippen LogP contribution >= 0.6 is 11.6 Å². The Morgan fingerprint density at radius 2 is 2.07 bits per heavy atom. The van der Waals surface area contributed by atoms with Crippen molar-refractivity contribution in [2.24, 2.45) is 5.92 Å². The minimum atomic E-state index is -0.422. The largest absolute Gasteiger partial charge is 0.489 e. The van der Waals surface area contributed by atoms with Crippen molar-refractivity contribution < 1.29 is 9.13 Å². The summed E-state index contributed by atoms with van der Waals surface area (Å²) in [5, 5.41) is 8.25. The lowest BCUT2D eigenvalue weighted by Gasteiger charge is -2.41.